The van der Waals surface area contributed by atoms with Gasteiger partial charge in [-0.3, -0.25) is 9.69 Å². The third kappa shape index (κ3) is 4.74. The average molecular weight is 384 g/mol. The number of tetrazole rings is 1. The van der Waals surface area contributed by atoms with Crippen molar-refractivity contribution in [3.8, 4) is 0 Å². The van der Waals surface area contributed by atoms with E-state index in [1.165, 1.54) is 25.9 Å². The van der Waals surface area contributed by atoms with Crippen molar-refractivity contribution in [1.82, 2.24) is 35.3 Å². The molecule has 3 heterocycles. The van der Waals surface area contributed by atoms with Gasteiger partial charge in [0.2, 0.25) is 0 Å². The lowest BCUT2D eigenvalue weighted by molar-refractivity contribution is 0.0766. The monoisotopic (exact) mass is 383 g/mol. The molecule has 2 aliphatic rings. The summed E-state index contributed by atoms with van der Waals surface area (Å²) in [4.78, 5) is 17.7. The molecule has 2 fully saturated rings. The van der Waals surface area contributed by atoms with Crippen molar-refractivity contribution in [2.45, 2.75) is 44.3 Å². The standard InChI is InChI=1S/C20H29N7O/c1-25-11-8-19(9-12-25)26-10-2-3-18(14-26)22-20(28)17-6-4-16(5-7-17)13-27-15-21-23-24-27/h4-7,15,18-19H,2-3,8-14H2,1H3,(H,22,28)/t18-/m1/s1. The Kier molecular flexibility index (Phi) is 5.97. The highest BCUT2D eigenvalue weighted by molar-refractivity contribution is 5.94. The summed E-state index contributed by atoms with van der Waals surface area (Å²) in [6.07, 6.45) is 6.27. The zero-order valence-corrected chi connectivity index (χ0v) is 16.5. The van der Waals surface area contributed by atoms with Gasteiger partial charge in [0.25, 0.3) is 5.91 Å². The first-order valence-corrected chi connectivity index (χ1v) is 10.2. The van der Waals surface area contributed by atoms with Gasteiger partial charge in [-0.25, -0.2) is 4.68 Å². The first-order valence-electron chi connectivity index (χ1n) is 10.2. The van der Waals surface area contributed by atoms with Gasteiger partial charge in [-0.15, -0.1) is 5.10 Å². The number of nitrogens with zero attached hydrogens (tertiary/aromatic N) is 6. The normalized spacial score (nSPS) is 22.2. The zero-order chi connectivity index (χ0) is 19.3. The largest absolute Gasteiger partial charge is 0.348 e. The van der Waals surface area contributed by atoms with Crippen LogP contribution in [0, 0.1) is 0 Å². The molecule has 0 saturated carbocycles. The Hall–Kier alpha value is -2.32. The number of aromatic nitrogens is 4. The van der Waals surface area contributed by atoms with Crippen molar-refractivity contribution in [3.05, 3.63) is 41.7 Å². The van der Waals surface area contributed by atoms with E-state index in [9.17, 15) is 4.79 Å². The quantitative estimate of drug-likeness (QED) is 0.830. The molecule has 1 aromatic heterocycles. The maximum atomic E-state index is 12.7. The van der Waals surface area contributed by atoms with E-state index in [0.29, 0.717) is 18.2 Å². The van der Waals surface area contributed by atoms with Gasteiger partial charge < -0.3 is 10.2 Å². The summed E-state index contributed by atoms with van der Waals surface area (Å²) in [5, 5.41) is 14.4. The molecule has 0 spiro atoms. The predicted molar refractivity (Wildman–Crippen MR) is 106 cm³/mol. The van der Waals surface area contributed by atoms with E-state index >= 15 is 0 Å². The van der Waals surface area contributed by atoms with Crippen LogP contribution in [0.15, 0.2) is 30.6 Å². The van der Waals surface area contributed by atoms with Gasteiger partial charge in [0.1, 0.15) is 6.33 Å². The van der Waals surface area contributed by atoms with Crippen molar-refractivity contribution < 1.29 is 4.79 Å². The van der Waals surface area contributed by atoms with Crippen LogP contribution in [-0.2, 0) is 6.54 Å². The van der Waals surface area contributed by atoms with E-state index in [1.54, 1.807) is 11.0 Å². The molecule has 0 radical (unpaired) electrons. The van der Waals surface area contributed by atoms with Crippen molar-refractivity contribution in [2.75, 3.05) is 33.2 Å². The van der Waals surface area contributed by atoms with E-state index in [2.05, 4.69) is 37.7 Å². The number of amides is 1. The topological polar surface area (TPSA) is 79.2 Å². The molecular formula is C20H29N7O. The van der Waals surface area contributed by atoms with Crippen LogP contribution in [0.2, 0.25) is 0 Å². The Bertz CT molecular complexity index is 753. The fourth-order valence-corrected chi connectivity index (χ4v) is 4.29. The summed E-state index contributed by atoms with van der Waals surface area (Å²) in [6, 6.07) is 8.59. The number of hydrogen-bond acceptors (Lipinski definition) is 6. The summed E-state index contributed by atoms with van der Waals surface area (Å²) >= 11 is 0. The Labute approximate surface area is 165 Å². The Morgan fingerprint density at radius 1 is 1.14 bits per heavy atom. The van der Waals surface area contributed by atoms with Crippen LogP contribution in [-0.4, -0.2) is 81.2 Å². The van der Waals surface area contributed by atoms with Crippen LogP contribution in [0.5, 0.6) is 0 Å². The Morgan fingerprint density at radius 2 is 1.93 bits per heavy atom. The van der Waals surface area contributed by atoms with E-state index in [0.717, 1.165) is 31.5 Å². The molecule has 0 bridgehead atoms. The molecule has 4 rings (SSSR count). The molecule has 1 aromatic carbocycles. The fraction of sp³-hybridized carbons (Fsp3) is 0.600. The molecular weight excluding hydrogens is 354 g/mol. The SMILES string of the molecule is CN1CCC(N2CCC[C@@H](NC(=O)c3ccc(Cn4cnnn4)cc3)C2)CC1. The highest BCUT2D eigenvalue weighted by Crippen LogP contribution is 2.20. The number of carbonyl (C=O) groups excluding carboxylic acids is 1. The second-order valence-corrected chi connectivity index (χ2v) is 8.05. The van der Waals surface area contributed by atoms with Crippen molar-refractivity contribution in [1.29, 1.82) is 0 Å². The minimum Gasteiger partial charge on any atom is -0.348 e. The maximum Gasteiger partial charge on any atom is 0.251 e. The van der Waals surface area contributed by atoms with Crippen LogP contribution in [0.1, 0.15) is 41.6 Å². The van der Waals surface area contributed by atoms with E-state index in [4.69, 9.17) is 0 Å². The summed E-state index contributed by atoms with van der Waals surface area (Å²) in [5.74, 6) is 0.0178. The lowest BCUT2D eigenvalue weighted by atomic mass is 9.98. The Morgan fingerprint density at radius 3 is 2.64 bits per heavy atom. The highest BCUT2D eigenvalue weighted by Gasteiger charge is 2.28. The number of hydrogen-bond donors (Lipinski definition) is 1. The van der Waals surface area contributed by atoms with Crippen LogP contribution < -0.4 is 5.32 Å². The molecule has 28 heavy (non-hydrogen) atoms. The van der Waals surface area contributed by atoms with Crippen LogP contribution in [0.3, 0.4) is 0 Å². The van der Waals surface area contributed by atoms with Crippen molar-refractivity contribution in [2.24, 2.45) is 0 Å². The number of benzene rings is 1. The van der Waals surface area contributed by atoms with Gasteiger partial charge >= 0.3 is 0 Å². The maximum absolute atomic E-state index is 12.7. The molecule has 2 aliphatic heterocycles. The minimum absolute atomic E-state index is 0.0178. The van der Waals surface area contributed by atoms with Crippen LogP contribution >= 0.6 is 0 Å². The van der Waals surface area contributed by atoms with Gasteiger partial charge in [-0.1, -0.05) is 12.1 Å². The minimum atomic E-state index is 0.0178. The summed E-state index contributed by atoms with van der Waals surface area (Å²) < 4.78 is 1.66. The van der Waals surface area contributed by atoms with Gasteiger partial charge in [0.15, 0.2) is 0 Å². The molecule has 2 aromatic rings. The number of rotatable bonds is 5. The molecule has 2 saturated heterocycles. The number of carbonyl (C=O) groups is 1. The molecule has 0 aliphatic carbocycles. The molecule has 1 amide bonds. The molecule has 1 atom stereocenters. The smallest absolute Gasteiger partial charge is 0.251 e. The molecule has 0 unspecified atom stereocenters. The van der Waals surface area contributed by atoms with Gasteiger partial charge in [-0.05, 0) is 80.5 Å². The third-order valence-electron chi connectivity index (χ3n) is 5.94. The van der Waals surface area contributed by atoms with Crippen molar-refractivity contribution in [3.63, 3.8) is 0 Å². The zero-order valence-electron chi connectivity index (χ0n) is 16.5. The fourth-order valence-electron chi connectivity index (χ4n) is 4.29. The number of likely N-dealkylation sites (tertiary alicyclic amines) is 2. The van der Waals surface area contributed by atoms with E-state index < -0.39 is 0 Å². The van der Waals surface area contributed by atoms with Gasteiger partial charge in [0.05, 0.1) is 6.54 Å². The van der Waals surface area contributed by atoms with Gasteiger partial charge in [-0.2, -0.15) is 0 Å². The summed E-state index contributed by atoms with van der Waals surface area (Å²) in [6.45, 7) is 5.08. The molecule has 1 N–H and O–H groups in total. The van der Waals surface area contributed by atoms with Crippen molar-refractivity contribution >= 4 is 5.91 Å². The molecule has 8 heteroatoms. The average Bonchev–Trinajstić information content (AvgIpc) is 3.22. The Balaban J connectivity index is 1.30. The first-order chi connectivity index (χ1) is 13.7. The molecule has 8 nitrogen and oxygen atoms in total. The summed E-state index contributed by atoms with van der Waals surface area (Å²) in [7, 11) is 2.20. The predicted octanol–water partition coefficient (Wildman–Crippen LogP) is 1.01. The second kappa shape index (κ2) is 8.79. The summed E-state index contributed by atoms with van der Waals surface area (Å²) in [5.41, 5.74) is 1.77. The second-order valence-electron chi connectivity index (χ2n) is 8.05. The lowest BCUT2D eigenvalue weighted by Gasteiger charge is -2.41. The first kappa shape index (κ1) is 19.0. The van der Waals surface area contributed by atoms with E-state index in [-0.39, 0.29) is 11.9 Å². The lowest BCUT2D eigenvalue weighted by Crippen LogP contribution is -2.53. The number of piperidine rings is 2. The van der Waals surface area contributed by atoms with Gasteiger partial charge in [0, 0.05) is 24.2 Å². The highest BCUT2D eigenvalue weighted by atomic mass is 16.1. The van der Waals surface area contributed by atoms with Crippen LogP contribution in [0.25, 0.3) is 0 Å². The van der Waals surface area contributed by atoms with Crippen LogP contribution in [0.4, 0.5) is 0 Å². The number of nitrogens with one attached hydrogen (secondary N) is 1. The van der Waals surface area contributed by atoms with E-state index in [1.807, 2.05) is 24.3 Å². The molecule has 150 valence electrons. The third-order valence-corrected chi connectivity index (χ3v) is 5.94.